The molecule has 9 heteroatoms. The maximum Gasteiger partial charge on any atom is 0.363 e. The summed E-state index contributed by atoms with van der Waals surface area (Å²) in [5, 5.41) is 0.963. The first-order chi connectivity index (χ1) is 21.6. The van der Waals surface area contributed by atoms with Crippen LogP contribution in [0.25, 0.3) is 6.08 Å². The maximum absolute atomic E-state index is 12.7. The molecule has 6 rings (SSSR count). The summed E-state index contributed by atoms with van der Waals surface area (Å²) in [5.74, 6) is 3.55. The average Bonchev–Trinajstić information content (AvgIpc) is 3.51. The Kier molecular flexibility index (Phi) is 8.12. The third kappa shape index (κ3) is 5.79. The van der Waals surface area contributed by atoms with E-state index >= 15 is 0 Å². The minimum atomic E-state index is -2.70. The van der Waals surface area contributed by atoms with Crippen LogP contribution in [0.4, 0.5) is 5.69 Å². The summed E-state index contributed by atoms with van der Waals surface area (Å²) in [6, 6.07) is 31.2. The average molecular weight is 637 g/mol. The van der Waals surface area contributed by atoms with Gasteiger partial charge in [0.2, 0.25) is 5.90 Å². The molecule has 228 valence electrons. The fourth-order valence-electron chi connectivity index (χ4n) is 5.62. The number of fused-ring (bicyclic) bond motifs is 1. The number of para-hydroxylation sites is 1. The lowest BCUT2D eigenvalue weighted by atomic mass is 9.84. The highest BCUT2D eigenvalue weighted by Crippen LogP contribution is 2.55. The van der Waals surface area contributed by atoms with E-state index in [1.807, 2.05) is 54.6 Å². The van der Waals surface area contributed by atoms with Crippen LogP contribution in [0.2, 0.25) is 0 Å². The highest BCUT2D eigenvalue weighted by atomic mass is 32.4. The van der Waals surface area contributed by atoms with Gasteiger partial charge in [0.15, 0.2) is 23.5 Å². The number of carbonyl (C=O) groups is 1. The van der Waals surface area contributed by atoms with Crippen molar-refractivity contribution in [3.63, 3.8) is 0 Å². The quantitative estimate of drug-likeness (QED) is 0.113. The van der Waals surface area contributed by atoms with E-state index in [9.17, 15) is 4.79 Å². The number of rotatable bonds is 8. The lowest BCUT2D eigenvalue weighted by Gasteiger charge is -2.28. The summed E-state index contributed by atoms with van der Waals surface area (Å²) in [4.78, 5) is 19.3. The Balaban J connectivity index is 1.29. The van der Waals surface area contributed by atoms with E-state index in [-0.39, 0.29) is 17.0 Å². The molecular weight excluding hydrogens is 603 g/mol. The molecule has 0 N–H and O–H groups in total. The van der Waals surface area contributed by atoms with Crippen molar-refractivity contribution in [2.75, 3.05) is 26.2 Å². The molecule has 0 saturated carbocycles. The van der Waals surface area contributed by atoms with Gasteiger partial charge < -0.3 is 23.6 Å². The molecule has 0 aliphatic carbocycles. The second kappa shape index (κ2) is 12.0. The van der Waals surface area contributed by atoms with Crippen LogP contribution < -0.4 is 24.2 Å². The van der Waals surface area contributed by atoms with Crippen LogP contribution in [0.15, 0.2) is 119 Å². The van der Waals surface area contributed by atoms with Crippen molar-refractivity contribution in [1.29, 1.82) is 0 Å². The molecule has 1 unspecified atom stereocenters. The van der Waals surface area contributed by atoms with E-state index in [1.54, 1.807) is 38.5 Å². The second-order valence-electron chi connectivity index (χ2n) is 11.2. The fourth-order valence-corrected chi connectivity index (χ4v) is 8.69. The zero-order valence-corrected chi connectivity index (χ0v) is 27.4. The lowest BCUT2D eigenvalue weighted by Crippen LogP contribution is -2.24. The minimum absolute atomic E-state index is 0.193. The molecule has 2 heterocycles. The first kappa shape index (κ1) is 30.4. The van der Waals surface area contributed by atoms with Gasteiger partial charge in [-0.25, -0.2) is 9.79 Å². The van der Waals surface area contributed by atoms with Crippen LogP contribution >= 0.6 is 6.26 Å². The topological polar surface area (TPSA) is 69.6 Å². The summed E-state index contributed by atoms with van der Waals surface area (Å²) >= 11 is 6.39. The summed E-state index contributed by atoms with van der Waals surface area (Å²) < 4.78 is 22.8. The first-order valence-corrected chi connectivity index (χ1v) is 17.2. The summed E-state index contributed by atoms with van der Waals surface area (Å²) in [7, 11) is 5.19. The van der Waals surface area contributed by atoms with Crippen molar-refractivity contribution in [3.05, 3.63) is 131 Å². The van der Waals surface area contributed by atoms with Gasteiger partial charge >= 0.3 is 5.97 Å². The van der Waals surface area contributed by atoms with Crippen LogP contribution in [-0.4, -0.2) is 33.1 Å². The zero-order chi connectivity index (χ0) is 31.8. The predicted octanol–water partition coefficient (Wildman–Crippen LogP) is 7.42. The minimum Gasteiger partial charge on any atom is -0.493 e. The molecule has 0 aromatic heterocycles. The van der Waals surface area contributed by atoms with Crippen molar-refractivity contribution < 1.29 is 23.5 Å². The van der Waals surface area contributed by atoms with Crippen molar-refractivity contribution in [2.24, 2.45) is 4.99 Å². The third-order valence-electron chi connectivity index (χ3n) is 8.02. The number of hydrogen-bond donors (Lipinski definition) is 0. The standard InChI is InChI=1S/C36H33N2O5PS/c1-36(2)28-13-9-10-14-30(28)38(3)33(36)23-44(45,27-11-7-6-8-12-27)43-26-18-15-24(16-19-26)21-29-35(39)42-34(37-29)25-17-20-31(40-4)32(22-25)41-5/h6-23H,1-5H3/b29-21+,33-23+. The molecule has 0 fully saturated rings. The number of benzene rings is 4. The number of allylic oxidation sites excluding steroid dienone is 1. The van der Waals surface area contributed by atoms with E-state index in [2.05, 4.69) is 60.9 Å². The smallest absolute Gasteiger partial charge is 0.363 e. The molecule has 45 heavy (non-hydrogen) atoms. The molecular formula is C36H33N2O5PS. The second-order valence-corrected chi connectivity index (χ2v) is 15.0. The van der Waals surface area contributed by atoms with E-state index in [0.717, 1.165) is 16.6 Å². The molecule has 0 spiro atoms. The van der Waals surface area contributed by atoms with E-state index in [4.69, 9.17) is 30.5 Å². The third-order valence-corrected chi connectivity index (χ3v) is 11.3. The molecule has 2 aliphatic heterocycles. The van der Waals surface area contributed by atoms with Gasteiger partial charge in [0, 0.05) is 40.5 Å². The predicted molar refractivity (Wildman–Crippen MR) is 184 cm³/mol. The Morgan fingerprint density at radius 3 is 2.27 bits per heavy atom. The van der Waals surface area contributed by atoms with Gasteiger partial charge in [-0.05, 0) is 65.4 Å². The van der Waals surface area contributed by atoms with Crippen LogP contribution in [-0.2, 0) is 26.8 Å². The Morgan fingerprint density at radius 1 is 0.889 bits per heavy atom. The SMILES string of the molecule is COc1ccc(C2=N/C(=C/c3ccc(OP(=S)(/C=C4/N(C)c5ccccc5C4(C)C)c4ccccc4)cc3)C(=O)O2)cc1OC. The molecule has 0 radical (unpaired) electrons. The van der Waals surface area contributed by atoms with Gasteiger partial charge in [-0.3, -0.25) is 0 Å². The van der Waals surface area contributed by atoms with Crippen molar-refractivity contribution >= 4 is 47.0 Å². The lowest BCUT2D eigenvalue weighted by molar-refractivity contribution is -0.129. The molecule has 0 amide bonds. The Labute approximate surface area is 268 Å². The molecule has 2 aliphatic rings. The van der Waals surface area contributed by atoms with Crippen molar-refractivity contribution in [2.45, 2.75) is 19.3 Å². The first-order valence-electron chi connectivity index (χ1n) is 14.4. The Bertz CT molecular complexity index is 1920. The number of likely N-dealkylation sites (N-methyl/N-ethyl adjacent to an activating group) is 1. The maximum atomic E-state index is 12.7. The Hall–Kier alpha value is -4.65. The Morgan fingerprint density at radius 2 is 1.58 bits per heavy atom. The molecule has 7 nitrogen and oxygen atoms in total. The largest absolute Gasteiger partial charge is 0.493 e. The number of ether oxygens (including phenoxy) is 3. The highest BCUT2D eigenvalue weighted by Gasteiger charge is 2.40. The van der Waals surface area contributed by atoms with Gasteiger partial charge in [-0.2, -0.15) is 0 Å². The van der Waals surface area contributed by atoms with Crippen LogP contribution in [0.1, 0.15) is 30.5 Å². The van der Waals surface area contributed by atoms with Gasteiger partial charge in [0.05, 0.1) is 14.2 Å². The molecule has 4 aromatic carbocycles. The van der Waals surface area contributed by atoms with Gasteiger partial charge in [0.1, 0.15) is 5.75 Å². The number of methoxy groups -OCH3 is 2. The highest BCUT2D eigenvalue weighted by molar-refractivity contribution is 8.17. The number of hydrogen-bond acceptors (Lipinski definition) is 8. The number of anilines is 1. The molecule has 1 atom stereocenters. The summed E-state index contributed by atoms with van der Waals surface area (Å²) in [6.07, 6.45) is -1.02. The molecule has 0 saturated heterocycles. The van der Waals surface area contributed by atoms with E-state index in [0.29, 0.717) is 22.8 Å². The van der Waals surface area contributed by atoms with E-state index < -0.39 is 12.2 Å². The van der Waals surface area contributed by atoms with E-state index in [1.165, 1.54) is 11.3 Å². The van der Waals surface area contributed by atoms with Gasteiger partial charge in [-0.1, -0.05) is 74.5 Å². The van der Waals surface area contributed by atoms with Gasteiger partial charge in [-0.15, -0.1) is 0 Å². The van der Waals surface area contributed by atoms with Crippen LogP contribution in [0.3, 0.4) is 0 Å². The number of aliphatic imine (C=N–C) groups is 1. The number of cyclic esters (lactones) is 1. The normalized spacial score (nSPS) is 18.3. The molecule has 0 bridgehead atoms. The van der Waals surface area contributed by atoms with Crippen molar-refractivity contribution in [3.8, 4) is 17.2 Å². The fraction of sp³-hybridized carbons (Fsp3) is 0.167. The number of nitrogens with zero attached hydrogens (tertiary/aromatic N) is 2. The summed E-state index contributed by atoms with van der Waals surface area (Å²) in [6.45, 7) is 4.45. The number of carbonyl (C=O) groups excluding carboxylic acids is 1. The van der Waals surface area contributed by atoms with Gasteiger partial charge in [0.25, 0.3) is 0 Å². The van der Waals surface area contributed by atoms with Crippen molar-refractivity contribution in [1.82, 2.24) is 0 Å². The zero-order valence-electron chi connectivity index (χ0n) is 25.7. The number of esters is 1. The molecule has 4 aromatic rings. The van der Waals surface area contributed by atoms with Crippen LogP contribution in [0.5, 0.6) is 17.2 Å². The van der Waals surface area contributed by atoms with Crippen LogP contribution in [0, 0.1) is 0 Å². The summed E-state index contributed by atoms with van der Waals surface area (Å²) in [5.41, 5.74) is 4.86. The monoisotopic (exact) mass is 636 g/mol.